The van der Waals surface area contributed by atoms with Crippen molar-refractivity contribution in [3.8, 4) is 5.75 Å². The van der Waals surface area contributed by atoms with Gasteiger partial charge in [-0.1, -0.05) is 12.1 Å². The number of methoxy groups -OCH3 is 1. The van der Waals surface area contributed by atoms with Gasteiger partial charge in [0.05, 0.1) is 18.6 Å². The van der Waals surface area contributed by atoms with E-state index in [0.717, 1.165) is 16.1 Å². The first-order valence-corrected chi connectivity index (χ1v) is 8.12. The summed E-state index contributed by atoms with van der Waals surface area (Å²) in [6.45, 7) is 0.393. The number of ether oxygens (including phenoxy) is 1. The van der Waals surface area contributed by atoms with Crippen LogP contribution < -0.4 is 15.4 Å². The van der Waals surface area contributed by atoms with E-state index in [0.29, 0.717) is 23.6 Å². The standard InChI is InChI=1S/C17H16N2O3S/c1-22-13-4-2-3-12(8-13)17(21)18-9-11-5-6-15-14(7-11)19-16(20)10-23-15/h2-8H,9-10H2,1H3,(H,18,21)(H,19,20). The van der Waals surface area contributed by atoms with Gasteiger partial charge in [0.1, 0.15) is 5.75 Å². The number of fused-ring (bicyclic) bond motifs is 1. The number of rotatable bonds is 4. The third-order valence-corrected chi connectivity index (χ3v) is 4.54. The van der Waals surface area contributed by atoms with Crippen molar-refractivity contribution >= 4 is 29.3 Å². The maximum Gasteiger partial charge on any atom is 0.251 e. The summed E-state index contributed by atoms with van der Waals surface area (Å²) in [5, 5.41) is 5.72. The van der Waals surface area contributed by atoms with Crippen molar-refractivity contribution in [2.24, 2.45) is 0 Å². The summed E-state index contributed by atoms with van der Waals surface area (Å²) in [5.41, 5.74) is 2.29. The number of benzene rings is 2. The first-order valence-electron chi connectivity index (χ1n) is 7.13. The Balaban J connectivity index is 1.67. The summed E-state index contributed by atoms with van der Waals surface area (Å²) in [6.07, 6.45) is 0. The van der Waals surface area contributed by atoms with Crippen LogP contribution in [0, 0.1) is 0 Å². The lowest BCUT2D eigenvalue weighted by atomic mass is 10.1. The van der Waals surface area contributed by atoms with Crippen LogP contribution in [0.15, 0.2) is 47.4 Å². The summed E-state index contributed by atoms with van der Waals surface area (Å²) in [7, 11) is 1.57. The van der Waals surface area contributed by atoms with E-state index in [-0.39, 0.29) is 11.8 Å². The van der Waals surface area contributed by atoms with Crippen LogP contribution in [0.2, 0.25) is 0 Å². The quantitative estimate of drug-likeness (QED) is 0.905. The van der Waals surface area contributed by atoms with E-state index >= 15 is 0 Å². The molecule has 6 heteroatoms. The van der Waals surface area contributed by atoms with E-state index in [1.807, 2.05) is 18.2 Å². The fraction of sp³-hybridized carbons (Fsp3) is 0.176. The molecule has 0 saturated carbocycles. The zero-order valence-electron chi connectivity index (χ0n) is 12.6. The number of anilines is 1. The lowest BCUT2D eigenvalue weighted by molar-refractivity contribution is -0.113. The Morgan fingerprint density at radius 1 is 1.30 bits per heavy atom. The van der Waals surface area contributed by atoms with Gasteiger partial charge < -0.3 is 15.4 Å². The second kappa shape index (κ2) is 6.75. The molecule has 2 N–H and O–H groups in total. The first kappa shape index (κ1) is 15.4. The van der Waals surface area contributed by atoms with Crippen LogP contribution in [0.1, 0.15) is 15.9 Å². The Morgan fingerprint density at radius 2 is 2.17 bits per heavy atom. The fourth-order valence-electron chi connectivity index (χ4n) is 2.29. The zero-order chi connectivity index (χ0) is 16.2. The number of amides is 2. The second-order valence-electron chi connectivity index (χ2n) is 5.08. The highest BCUT2D eigenvalue weighted by Crippen LogP contribution is 2.31. The Bertz CT molecular complexity index is 761. The molecule has 23 heavy (non-hydrogen) atoms. The summed E-state index contributed by atoms with van der Waals surface area (Å²) >= 11 is 1.52. The molecule has 2 amide bonds. The van der Waals surface area contributed by atoms with Crippen molar-refractivity contribution in [1.29, 1.82) is 0 Å². The van der Waals surface area contributed by atoms with Gasteiger partial charge in [-0.15, -0.1) is 11.8 Å². The molecule has 5 nitrogen and oxygen atoms in total. The molecule has 0 fully saturated rings. The van der Waals surface area contributed by atoms with Gasteiger partial charge in [-0.3, -0.25) is 9.59 Å². The van der Waals surface area contributed by atoms with Gasteiger partial charge in [0.25, 0.3) is 5.91 Å². The molecule has 0 aromatic heterocycles. The Morgan fingerprint density at radius 3 is 3.00 bits per heavy atom. The van der Waals surface area contributed by atoms with Gasteiger partial charge in [-0.05, 0) is 35.9 Å². The van der Waals surface area contributed by atoms with E-state index in [2.05, 4.69) is 10.6 Å². The van der Waals surface area contributed by atoms with E-state index in [1.165, 1.54) is 11.8 Å². The van der Waals surface area contributed by atoms with Crippen LogP contribution in [0.3, 0.4) is 0 Å². The molecule has 0 aliphatic carbocycles. The second-order valence-corrected chi connectivity index (χ2v) is 6.10. The smallest absolute Gasteiger partial charge is 0.251 e. The third kappa shape index (κ3) is 3.65. The van der Waals surface area contributed by atoms with Gasteiger partial charge in [-0.2, -0.15) is 0 Å². The molecule has 0 radical (unpaired) electrons. The predicted octanol–water partition coefficient (Wildman–Crippen LogP) is 2.67. The lowest BCUT2D eigenvalue weighted by Gasteiger charge is -2.17. The van der Waals surface area contributed by atoms with Crippen LogP contribution in [0.5, 0.6) is 5.75 Å². The molecular formula is C17H16N2O3S. The minimum absolute atomic E-state index is 0.0000613. The van der Waals surface area contributed by atoms with Crippen LogP contribution in [-0.2, 0) is 11.3 Å². The molecular weight excluding hydrogens is 312 g/mol. The number of thioether (sulfide) groups is 1. The fourth-order valence-corrected chi connectivity index (χ4v) is 3.08. The van der Waals surface area contributed by atoms with Crippen molar-refractivity contribution in [3.05, 3.63) is 53.6 Å². The number of carbonyl (C=O) groups is 2. The van der Waals surface area contributed by atoms with E-state index < -0.39 is 0 Å². The van der Waals surface area contributed by atoms with Crippen LogP contribution in [-0.4, -0.2) is 24.7 Å². The van der Waals surface area contributed by atoms with Crippen LogP contribution in [0.25, 0.3) is 0 Å². The Labute approximate surface area is 138 Å². The molecule has 2 aromatic carbocycles. The summed E-state index contributed by atoms with van der Waals surface area (Å²) in [5.74, 6) is 0.921. The average molecular weight is 328 g/mol. The number of hydrogen-bond acceptors (Lipinski definition) is 4. The molecule has 0 bridgehead atoms. The van der Waals surface area contributed by atoms with E-state index in [4.69, 9.17) is 4.74 Å². The highest BCUT2D eigenvalue weighted by Gasteiger charge is 2.15. The van der Waals surface area contributed by atoms with Crippen LogP contribution >= 0.6 is 11.8 Å². The SMILES string of the molecule is COc1cccc(C(=O)NCc2ccc3c(c2)NC(=O)CS3)c1. The highest BCUT2D eigenvalue weighted by atomic mass is 32.2. The van der Waals surface area contributed by atoms with Crippen molar-refractivity contribution < 1.29 is 14.3 Å². The van der Waals surface area contributed by atoms with Crippen molar-refractivity contribution in [1.82, 2.24) is 5.32 Å². The molecule has 0 unspecified atom stereocenters. The normalized spacial score (nSPS) is 13.0. The molecule has 1 aliphatic rings. The summed E-state index contributed by atoms with van der Waals surface area (Å²) < 4.78 is 5.12. The third-order valence-electron chi connectivity index (χ3n) is 3.46. The van der Waals surface area contributed by atoms with Gasteiger partial charge in [-0.25, -0.2) is 0 Å². The summed E-state index contributed by atoms with van der Waals surface area (Å²) in [4.78, 5) is 24.7. The van der Waals surface area contributed by atoms with E-state index in [9.17, 15) is 9.59 Å². The Hall–Kier alpha value is -2.47. The summed E-state index contributed by atoms with van der Waals surface area (Å²) in [6, 6.07) is 12.8. The molecule has 0 spiro atoms. The monoisotopic (exact) mass is 328 g/mol. The minimum atomic E-state index is -0.167. The minimum Gasteiger partial charge on any atom is -0.497 e. The van der Waals surface area contributed by atoms with Crippen molar-refractivity contribution in [3.63, 3.8) is 0 Å². The molecule has 2 aromatic rings. The molecule has 0 saturated heterocycles. The molecule has 0 atom stereocenters. The maximum atomic E-state index is 12.2. The zero-order valence-corrected chi connectivity index (χ0v) is 13.4. The van der Waals surface area contributed by atoms with Gasteiger partial charge in [0, 0.05) is 17.0 Å². The van der Waals surface area contributed by atoms with Crippen molar-refractivity contribution in [2.75, 3.05) is 18.2 Å². The molecule has 118 valence electrons. The van der Waals surface area contributed by atoms with Crippen LogP contribution in [0.4, 0.5) is 5.69 Å². The highest BCUT2D eigenvalue weighted by molar-refractivity contribution is 8.00. The van der Waals surface area contributed by atoms with Gasteiger partial charge in [0.2, 0.25) is 5.91 Å². The van der Waals surface area contributed by atoms with Gasteiger partial charge >= 0.3 is 0 Å². The number of hydrogen-bond donors (Lipinski definition) is 2. The largest absolute Gasteiger partial charge is 0.497 e. The van der Waals surface area contributed by atoms with Gasteiger partial charge in [0.15, 0.2) is 0 Å². The topological polar surface area (TPSA) is 67.4 Å². The lowest BCUT2D eigenvalue weighted by Crippen LogP contribution is -2.23. The van der Waals surface area contributed by atoms with E-state index in [1.54, 1.807) is 31.4 Å². The van der Waals surface area contributed by atoms with Crippen molar-refractivity contribution in [2.45, 2.75) is 11.4 Å². The first-order chi connectivity index (χ1) is 11.2. The Kier molecular flexibility index (Phi) is 4.52. The maximum absolute atomic E-state index is 12.2. The number of nitrogens with one attached hydrogen (secondary N) is 2. The average Bonchev–Trinajstić information content (AvgIpc) is 2.59. The number of carbonyl (C=O) groups excluding carboxylic acids is 2. The molecule has 1 aliphatic heterocycles. The molecule has 1 heterocycles. The molecule has 3 rings (SSSR count). The predicted molar refractivity (Wildman–Crippen MR) is 90.0 cm³/mol.